The third kappa shape index (κ3) is 4.56. The van der Waals surface area contributed by atoms with Crippen LogP contribution in [0.1, 0.15) is 40.4 Å². The van der Waals surface area contributed by atoms with Crippen LogP contribution in [0.3, 0.4) is 0 Å². The number of carbonyl (C=O) groups is 2. The van der Waals surface area contributed by atoms with Gasteiger partial charge in [-0.2, -0.15) is 5.10 Å². The van der Waals surface area contributed by atoms with Gasteiger partial charge in [-0.05, 0) is 48.6 Å². The monoisotopic (exact) mass is 513 g/mol. The first-order valence-corrected chi connectivity index (χ1v) is 12.1. The first kappa shape index (κ1) is 23.5. The molecule has 10 heteroatoms. The number of urea groups is 1. The largest absolute Gasteiger partial charge is 0.497 e. The zero-order valence-corrected chi connectivity index (χ0v) is 20.6. The van der Waals surface area contributed by atoms with Crippen LogP contribution in [0.4, 0.5) is 4.79 Å². The maximum absolute atomic E-state index is 13.0. The minimum absolute atomic E-state index is 0.115. The Morgan fingerprint density at radius 3 is 2.49 bits per heavy atom. The molecule has 0 saturated heterocycles. The number of ether oxygens (including phenoxy) is 1. The third-order valence-electron chi connectivity index (χ3n) is 6.76. The summed E-state index contributed by atoms with van der Waals surface area (Å²) in [6.45, 7) is 1.19. The second-order valence-electron chi connectivity index (χ2n) is 8.90. The molecular formula is C25H25Cl2N5O3. The number of aromatic nitrogens is 2. The predicted molar refractivity (Wildman–Crippen MR) is 134 cm³/mol. The van der Waals surface area contributed by atoms with Crippen LogP contribution in [0.15, 0.2) is 42.5 Å². The second-order valence-corrected chi connectivity index (χ2v) is 9.71. The number of carbonyl (C=O) groups excluding carboxylic acids is 2. The Morgan fingerprint density at radius 1 is 1.09 bits per heavy atom. The van der Waals surface area contributed by atoms with Crippen molar-refractivity contribution in [2.75, 3.05) is 13.7 Å². The van der Waals surface area contributed by atoms with Crippen molar-refractivity contribution in [1.29, 1.82) is 0 Å². The highest BCUT2D eigenvalue weighted by molar-refractivity contribution is 6.42. The number of rotatable bonds is 5. The second kappa shape index (κ2) is 9.43. The molecule has 1 aliphatic heterocycles. The molecule has 0 radical (unpaired) electrons. The zero-order chi connectivity index (χ0) is 24.7. The lowest BCUT2D eigenvalue weighted by atomic mass is 9.76. The fraction of sp³-hybridized carbons (Fsp3) is 0.320. The van der Waals surface area contributed by atoms with E-state index in [1.807, 2.05) is 12.1 Å². The molecule has 0 atom stereocenters. The van der Waals surface area contributed by atoms with Crippen molar-refractivity contribution in [3.05, 3.63) is 69.3 Å². The summed E-state index contributed by atoms with van der Waals surface area (Å²) in [7, 11) is 1.65. The molecule has 3 N–H and O–H groups in total. The van der Waals surface area contributed by atoms with E-state index in [1.54, 1.807) is 34.9 Å². The number of benzene rings is 2. The summed E-state index contributed by atoms with van der Waals surface area (Å²) in [6.07, 6.45) is 1.77. The van der Waals surface area contributed by atoms with Gasteiger partial charge in [0.2, 0.25) is 0 Å². The van der Waals surface area contributed by atoms with E-state index in [-0.39, 0.29) is 18.6 Å². The fourth-order valence-electron chi connectivity index (χ4n) is 4.75. The molecule has 35 heavy (non-hydrogen) atoms. The number of nitrogens with one attached hydrogen (secondary N) is 1. The van der Waals surface area contributed by atoms with Crippen LogP contribution in [0.2, 0.25) is 10.0 Å². The van der Waals surface area contributed by atoms with Gasteiger partial charge in [0, 0.05) is 18.2 Å². The van der Waals surface area contributed by atoms with E-state index >= 15 is 0 Å². The number of hydrogen-bond acceptors (Lipinski definition) is 4. The Hall–Kier alpha value is -3.23. The first-order chi connectivity index (χ1) is 16.8. The van der Waals surface area contributed by atoms with Gasteiger partial charge >= 0.3 is 6.03 Å². The summed E-state index contributed by atoms with van der Waals surface area (Å²) < 4.78 is 6.96. The highest BCUT2D eigenvalue weighted by Gasteiger charge is 2.34. The first-order valence-electron chi connectivity index (χ1n) is 11.4. The minimum atomic E-state index is -0.601. The van der Waals surface area contributed by atoms with Gasteiger partial charge in [0.25, 0.3) is 5.91 Å². The van der Waals surface area contributed by atoms with Gasteiger partial charge in [-0.1, -0.05) is 41.4 Å². The SMILES string of the molecule is COc1ccc([C@H]2C[C@H](NC(=O)N3CCn4nc(-c5ccc(Cl)c(Cl)c5)c(C(N)=O)c4C3)C2)cc1. The van der Waals surface area contributed by atoms with E-state index in [0.29, 0.717) is 51.6 Å². The molecule has 1 aliphatic carbocycles. The lowest BCUT2D eigenvalue weighted by Gasteiger charge is -2.38. The topological polar surface area (TPSA) is 102 Å². The Bertz CT molecular complexity index is 1280. The van der Waals surface area contributed by atoms with E-state index < -0.39 is 5.91 Å². The van der Waals surface area contributed by atoms with Crippen molar-refractivity contribution in [1.82, 2.24) is 20.0 Å². The molecule has 3 amide bonds. The van der Waals surface area contributed by atoms with Gasteiger partial charge in [0.15, 0.2) is 0 Å². The van der Waals surface area contributed by atoms with Crippen molar-refractivity contribution in [2.24, 2.45) is 5.73 Å². The van der Waals surface area contributed by atoms with Gasteiger partial charge in [-0.25, -0.2) is 4.79 Å². The molecule has 182 valence electrons. The summed E-state index contributed by atoms with van der Waals surface area (Å²) in [5, 5.41) is 8.49. The number of amides is 3. The maximum Gasteiger partial charge on any atom is 0.318 e. The summed E-state index contributed by atoms with van der Waals surface area (Å²) in [5.41, 5.74) is 8.98. The molecule has 1 aromatic heterocycles. The molecule has 8 nitrogen and oxygen atoms in total. The van der Waals surface area contributed by atoms with Crippen LogP contribution in [0.5, 0.6) is 5.75 Å². The van der Waals surface area contributed by atoms with E-state index in [2.05, 4.69) is 22.5 Å². The Kier molecular flexibility index (Phi) is 6.34. The smallest absolute Gasteiger partial charge is 0.318 e. The van der Waals surface area contributed by atoms with Gasteiger partial charge in [0.1, 0.15) is 11.4 Å². The van der Waals surface area contributed by atoms with Gasteiger partial charge in [-0.3, -0.25) is 9.48 Å². The summed E-state index contributed by atoms with van der Waals surface area (Å²) in [4.78, 5) is 27.1. The van der Waals surface area contributed by atoms with Crippen LogP contribution in [0, 0.1) is 0 Å². The van der Waals surface area contributed by atoms with Crippen molar-refractivity contribution >= 4 is 35.1 Å². The van der Waals surface area contributed by atoms with Crippen molar-refractivity contribution < 1.29 is 14.3 Å². The summed E-state index contributed by atoms with van der Waals surface area (Å²) in [5.74, 6) is 0.653. The molecule has 0 unspecified atom stereocenters. The number of nitrogens with two attached hydrogens (primary N) is 1. The number of methoxy groups -OCH3 is 1. The highest BCUT2D eigenvalue weighted by atomic mass is 35.5. The highest BCUT2D eigenvalue weighted by Crippen LogP contribution is 2.38. The van der Waals surface area contributed by atoms with Crippen molar-refractivity contribution in [2.45, 2.75) is 37.9 Å². The number of primary amides is 1. The van der Waals surface area contributed by atoms with Crippen LogP contribution in [-0.2, 0) is 13.1 Å². The quantitative estimate of drug-likeness (QED) is 0.526. The lowest BCUT2D eigenvalue weighted by molar-refractivity contribution is 0.0997. The number of fused-ring (bicyclic) bond motifs is 1. The van der Waals surface area contributed by atoms with Crippen molar-refractivity contribution in [3.63, 3.8) is 0 Å². The molecule has 1 saturated carbocycles. The lowest BCUT2D eigenvalue weighted by Crippen LogP contribution is -2.51. The van der Waals surface area contributed by atoms with E-state index in [9.17, 15) is 9.59 Å². The normalized spacial score (nSPS) is 19.0. The minimum Gasteiger partial charge on any atom is -0.497 e. The molecule has 3 aromatic rings. The average molecular weight is 514 g/mol. The Balaban J connectivity index is 1.26. The molecule has 0 spiro atoms. The van der Waals surface area contributed by atoms with Crippen LogP contribution < -0.4 is 15.8 Å². The van der Waals surface area contributed by atoms with Gasteiger partial charge in [0.05, 0.1) is 41.5 Å². The molecule has 0 bridgehead atoms. The molecule has 2 heterocycles. The number of hydrogen-bond donors (Lipinski definition) is 2. The maximum atomic E-state index is 13.0. The Morgan fingerprint density at radius 2 is 1.83 bits per heavy atom. The molecular weight excluding hydrogens is 489 g/mol. The van der Waals surface area contributed by atoms with Crippen LogP contribution >= 0.6 is 23.2 Å². The van der Waals surface area contributed by atoms with Crippen LogP contribution in [-0.4, -0.2) is 46.3 Å². The van der Waals surface area contributed by atoms with Gasteiger partial charge in [-0.15, -0.1) is 0 Å². The Labute approximate surface area is 212 Å². The zero-order valence-electron chi connectivity index (χ0n) is 19.1. The van der Waals surface area contributed by atoms with E-state index in [1.165, 1.54) is 5.56 Å². The molecule has 2 aliphatic rings. The van der Waals surface area contributed by atoms with Gasteiger partial charge < -0.3 is 20.7 Å². The standard InChI is InChI=1S/C25H25Cl2N5O3/c1-35-18-5-2-14(3-6-18)16-10-17(11-16)29-25(34)31-8-9-32-21(13-31)22(24(28)33)23(30-32)15-4-7-19(26)20(27)12-15/h2-7,12,16-17H,8-11,13H2,1H3,(H2,28,33)(H,29,34)/t16-,17-. The number of nitrogens with zero attached hydrogens (tertiary/aromatic N) is 3. The molecule has 1 fully saturated rings. The van der Waals surface area contributed by atoms with E-state index in [4.69, 9.17) is 33.7 Å². The summed E-state index contributed by atoms with van der Waals surface area (Å²) >= 11 is 12.2. The average Bonchev–Trinajstić information content (AvgIpc) is 3.22. The van der Waals surface area contributed by atoms with Crippen LogP contribution in [0.25, 0.3) is 11.3 Å². The van der Waals surface area contributed by atoms with Crippen molar-refractivity contribution in [3.8, 4) is 17.0 Å². The molecule has 2 aromatic carbocycles. The third-order valence-corrected chi connectivity index (χ3v) is 7.50. The van der Waals surface area contributed by atoms with E-state index in [0.717, 1.165) is 18.6 Å². The number of halogens is 2. The molecule has 5 rings (SSSR count). The predicted octanol–water partition coefficient (Wildman–Crippen LogP) is 4.44. The summed E-state index contributed by atoms with van der Waals surface area (Å²) in [6, 6.07) is 13.1. The fourth-order valence-corrected chi connectivity index (χ4v) is 5.04.